The van der Waals surface area contributed by atoms with Gasteiger partial charge in [-0.1, -0.05) is 0 Å². The summed E-state index contributed by atoms with van der Waals surface area (Å²) in [5.41, 5.74) is 0.735. The van der Waals surface area contributed by atoms with Crippen LogP contribution < -0.4 is 10.2 Å². The van der Waals surface area contributed by atoms with Crippen LogP contribution in [0.4, 0.5) is 5.69 Å². The molecule has 3 heterocycles. The standard InChI is InChI=1S/C13H19N5O2/c1-9-7-17(3-2-14-9)13(20)10-4-12(19)18(8-10)11-5-15-16-6-11/h5-6,9-10,14H,2-4,7-8H2,1H3,(H,15,16)/t9-,10+/m0/s1. The van der Waals surface area contributed by atoms with E-state index >= 15 is 0 Å². The number of nitrogens with zero attached hydrogens (tertiary/aromatic N) is 3. The second-order valence-corrected chi connectivity index (χ2v) is 5.50. The molecule has 0 spiro atoms. The number of hydrogen-bond donors (Lipinski definition) is 2. The molecule has 1 aromatic rings. The summed E-state index contributed by atoms with van der Waals surface area (Å²) in [6.45, 7) is 4.78. The van der Waals surface area contributed by atoms with Crippen molar-refractivity contribution < 1.29 is 9.59 Å². The Morgan fingerprint density at radius 3 is 3.00 bits per heavy atom. The van der Waals surface area contributed by atoms with E-state index in [1.807, 2.05) is 4.90 Å². The van der Waals surface area contributed by atoms with Crippen LogP contribution >= 0.6 is 0 Å². The molecule has 108 valence electrons. The van der Waals surface area contributed by atoms with Crippen molar-refractivity contribution in [1.29, 1.82) is 0 Å². The lowest BCUT2D eigenvalue weighted by molar-refractivity contribution is -0.136. The SMILES string of the molecule is C[C@H]1CN(C(=O)[C@@H]2CC(=O)N(c3cn[nH]c3)C2)CCN1. The highest BCUT2D eigenvalue weighted by atomic mass is 16.2. The number of aromatic nitrogens is 2. The normalized spacial score (nSPS) is 27.1. The molecule has 2 saturated heterocycles. The van der Waals surface area contributed by atoms with Gasteiger partial charge in [-0.05, 0) is 6.92 Å². The third-order valence-corrected chi connectivity index (χ3v) is 3.95. The molecule has 2 fully saturated rings. The summed E-state index contributed by atoms with van der Waals surface area (Å²) in [5, 5.41) is 9.85. The molecule has 7 heteroatoms. The Morgan fingerprint density at radius 1 is 1.45 bits per heavy atom. The molecule has 7 nitrogen and oxygen atoms in total. The molecule has 0 aromatic carbocycles. The first-order valence-electron chi connectivity index (χ1n) is 6.96. The van der Waals surface area contributed by atoms with E-state index in [-0.39, 0.29) is 17.7 Å². The Bertz CT molecular complexity index is 501. The first-order chi connectivity index (χ1) is 9.65. The van der Waals surface area contributed by atoms with Crippen LogP contribution in [0.2, 0.25) is 0 Å². The number of anilines is 1. The highest BCUT2D eigenvalue weighted by molar-refractivity contribution is 6.00. The minimum atomic E-state index is -0.234. The minimum absolute atomic E-state index is 0.00654. The lowest BCUT2D eigenvalue weighted by Crippen LogP contribution is -2.53. The fraction of sp³-hybridized carbons (Fsp3) is 0.615. The zero-order valence-corrected chi connectivity index (χ0v) is 11.5. The summed E-state index contributed by atoms with van der Waals surface area (Å²) in [4.78, 5) is 28.0. The van der Waals surface area contributed by atoms with Crippen LogP contribution in [-0.2, 0) is 9.59 Å². The van der Waals surface area contributed by atoms with Gasteiger partial charge in [0.25, 0.3) is 0 Å². The third kappa shape index (κ3) is 2.40. The zero-order valence-electron chi connectivity index (χ0n) is 11.5. The summed E-state index contributed by atoms with van der Waals surface area (Å²) < 4.78 is 0. The zero-order chi connectivity index (χ0) is 14.1. The van der Waals surface area contributed by atoms with Gasteiger partial charge < -0.3 is 15.1 Å². The lowest BCUT2D eigenvalue weighted by Gasteiger charge is -2.33. The molecule has 0 radical (unpaired) electrons. The Kier molecular flexibility index (Phi) is 3.43. The van der Waals surface area contributed by atoms with Crippen molar-refractivity contribution >= 4 is 17.5 Å². The Morgan fingerprint density at radius 2 is 2.30 bits per heavy atom. The molecule has 0 bridgehead atoms. The third-order valence-electron chi connectivity index (χ3n) is 3.95. The monoisotopic (exact) mass is 277 g/mol. The lowest BCUT2D eigenvalue weighted by atomic mass is 10.1. The van der Waals surface area contributed by atoms with Crippen LogP contribution in [0.25, 0.3) is 0 Å². The molecule has 2 aliphatic rings. The topological polar surface area (TPSA) is 81.3 Å². The maximum atomic E-state index is 12.5. The molecular formula is C13H19N5O2. The Labute approximate surface area is 117 Å². The van der Waals surface area contributed by atoms with Gasteiger partial charge in [-0.25, -0.2) is 0 Å². The molecule has 2 N–H and O–H groups in total. The number of carbonyl (C=O) groups excluding carboxylic acids is 2. The van der Waals surface area contributed by atoms with Gasteiger partial charge in [0, 0.05) is 44.8 Å². The van der Waals surface area contributed by atoms with Crippen LogP contribution in [0.3, 0.4) is 0 Å². The van der Waals surface area contributed by atoms with Gasteiger partial charge in [-0.2, -0.15) is 5.10 Å². The molecule has 20 heavy (non-hydrogen) atoms. The van der Waals surface area contributed by atoms with Gasteiger partial charge in [0.1, 0.15) is 0 Å². The molecule has 2 atom stereocenters. The summed E-state index contributed by atoms with van der Waals surface area (Å²) in [6.07, 6.45) is 3.58. The number of nitrogens with one attached hydrogen (secondary N) is 2. The van der Waals surface area contributed by atoms with Crippen molar-refractivity contribution in [2.75, 3.05) is 31.1 Å². The van der Waals surface area contributed by atoms with E-state index < -0.39 is 0 Å². The second-order valence-electron chi connectivity index (χ2n) is 5.50. The van der Waals surface area contributed by atoms with Crippen LogP contribution in [0.15, 0.2) is 12.4 Å². The van der Waals surface area contributed by atoms with Crippen LogP contribution in [0, 0.1) is 5.92 Å². The molecule has 1 aromatic heterocycles. The number of H-pyrrole nitrogens is 1. The van der Waals surface area contributed by atoms with Gasteiger partial charge in [0.05, 0.1) is 17.8 Å². The van der Waals surface area contributed by atoms with Gasteiger partial charge in [-0.15, -0.1) is 0 Å². The van der Waals surface area contributed by atoms with E-state index in [2.05, 4.69) is 22.4 Å². The molecule has 2 aliphatic heterocycles. The van der Waals surface area contributed by atoms with E-state index in [1.165, 1.54) is 0 Å². The summed E-state index contributed by atoms with van der Waals surface area (Å²) >= 11 is 0. The van der Waals surface area contributed by atoms with Crippen molar-refractivity contribution in [2.45, 2.75) is 19.4 Å². The fourth-order valence-corrected chi connectivity index (χ4v) is 2.90. The van der Waals surface area contributed by atoms with Gasteiger partial charge >= 0.3 is 0 Å². The number of hydrogen-bond acceptors (Lipinski definition) is 4. The molecule has 3 rings (SSSR count). The summed E-state index contributed by atoms with van der Waals surface area (Å²) in [6, 6.07) is 0.315. The Balaban J connectivity index is 1.67. The number of rotatable bonds is 2. The van der Waals surface area contributed by atoms with Crippen molar-refractivity contribution in [3.05, 3.63) is 12.4 Å². The van der Waals surface area contributed by atoms with E-state index in [1.54, 1.807) is 17.3 Å². The number of amides is 2. The predicted octanol–water partition coefficient (Wildman–Crippen LogP) is -0.417. The van der Waals surface area contributed by atoms with E-state index in [0.717, 1.165) is 25.3 Å². The number of carbonyl (C=O) groups is 2. The first-order valence-corrected chi connectivity index (χ1v) is 6.96. The fourth-order valence-electron chi connectivity index (χ4n) is 2.90. The summed E-state index contributed by atoms with van der Waals surface area (Å²) in [7, 11) is 0. The summed E-state index contributed by atoms with van der Waals surface area (Å²) in [5.74, 6) is -0.145. The largest absolute Gasteiger partial charge is 0.340 e. The molecule has 0 unspecified atom stereocenters. The second kappa shape index (κ2) is 5.24. The average molecular weight is 277 g/mol. The number of aromatic amines is 1. The first kappa shape index (κ1) is 13.1. The highest BCUT2D eigenvalue weighted by Gasteiger charge is 2.38. The van der Waals surface area contributed by atoms with Gasteiger partial charge in [-0.3, -0.25) is 14.7 Å². The van der Waals surface area contributed by atoms with Crippen molar-refractivity contribution in [3.8, 4) is 0 Å². The quantitative estimate of drug-likeness (QED) is 0.769. The van der Waals surface area contributed by atoms with E-state index in [9.17, 15) is 9.59 Å². The van der Waals surface area contributed by atoms with Crippen molar-refractivity contribution in [1.82, 2.24) is 20.4 Å². The van der Waals surface area contributed by atoms with Crippen LogP contribution in [0.1, 0.15) is 13.3 Å². The van der Waals surface area contributed by atoms with Crippen LogP contribution in [0.5, 0.6) is 0 Å². The number of piperazine rings is 1. The maximum Gasteiger partial charge on any atom is 0.228 e. The van der Waals surface area contributed by atoms with Crippen molar-refractivity contribution in [3.63, 3.8) is 0 Å². The highest BCUT2D eigenvalue weighted by Crippen LogP contribution is 2.25. The average Bonchev–Trinajstić information content (AvgIpc) is 3.06. The smallest absolute Gasteiger partial charge is 0.228 e. The van der Waals surface area contributed by atoms with E-state index in [0.29, 0.717) is 19.0 Å². The van der Waals surface area contributed by atoms with Crippen molar-refractivity contribution in [2.24, 2.45) is 5.92 Å². The molecular weight excluding hydrogens is 258 g/mol. The van der Waals surface area contributed by atoms with Crippen LogP contribution in [-0.4, -0.2) is 59.1 Å². The molecule has 2 amide bonds. The van der Waals surface area contributed by atoms with Gasteiger partial charge in [0.2, 0.25) is 11.8 Å². The van der Waals surface area contributed by atoms with Gasteiger partial charge in [0.15, 0.2) is 0 Å². The molecule has 0 saturated carbocycles. The predicted molar refractivity (Wildman–Crippen MR) is 73.1 cm³/mol. The molecule has 0 aliphatic carbocycles. The van der Waals surface area contributed by atoms with E-state index in [4.69, 9.17) is 0 Å². The maximum absolute atomic E-state index is 12.5. The Hall–Kier alpha value is -1.89. The minimum Gasteiger partial charge on any atom is -0.340 e.